The summed E-state index contributed by atoms with van der Waals surface area (Å²) < 4.78 is 0. The van der Waals surface area contributed by atoms with Crippen LogP contribution < -0.4 is 5.32 Å². The third-order valence-corrected chi connectivity index (χ3v) is 2.47. The molecule has 0 aliphatic carbocycles. The lowest BCUT2D eigenvalue weighted by molar-refractivity contribution is 0.291. The Morgan fingerprint density at radius 2 is 1.93 bits per heavy atom. The van der Waals surface area contributed by atoms with E-state index in [2.05, 4.69) is 36.9 Å². The van der Waals surface area contributed by atoms with Crippen LogP contribution in [0.2, 0.25) is 0 Å². The molecule has 0 radical (unpaired) electrons. The Labute approximate surface area is 89.1 Å². The highest BCUT2D eigenvalue weighted by Gasteiger charge is 2.05. The molecular formula is C12H24N2. The number of rotatable bonds is 8. The van der Waals surface area contributed by atoms with Crippen molar-refractivity contribution in [2.75, 3.05) is 26.2 Å². The summed E-state index contributed by atoms with van der Waals surface area (Å²) in [5, 5.41) is 3.36. The first-order valence-electron chi connectivity index (χ1n) is 5.70. The van der Waals surface area contributed by atoms with Gasteiger partial charge in [0.1, 0.15) is 0 Å². The summed E-state index contributed by atoms with van der Waals surface area (Å²) in [6, 6.07) is 0.246. The van der Waals surface area contributed by atoms with Gasteiger partial charge in [0.25, 0.3) is 0 Å². The van der Waals surface area contributed by atoms with Crippen LogP contribution in [0.4, 0.5) is 0 Å². The number of hydrogen-bond acceptors (Lipinski definition) is 2. The van der Waals surface area contributed by atoms with Gasteiger partial charge in [-0.1, -0.05) is 26.7 Å². The second-order valence-corrected chi connectivity index (χ2v) is 3.49. The Balaban J connectivity index is 3.66. The summed E-state index contributed by atoms with van der Waals surface area (Å²) in [4.78, 5) is 2.40. The summed E-state index contributed by atoms with van der Waals surface area (Å²) in [5.41, 5.74) is 0. The molecule has 1 unspecified atom stereocenters. The van der Waals surface area contributed by atoms with Crippen molar-refractivity contribution in [3.8, 4) is 12.3 Å². The average molecular weight is 196 g/mol. The molecule has 0 heterocycles. The van der Waals surface area contributed by atoms with Crippen LogP contribution in [0.25, 0.3) is 0 Å². The van der Waals surface area contributed by atoms with Crippen molar-refractivity contribution >= 4 is 0 Å². The van der Waals surface area contributed by atoms with E-state index in [-0.39, 0.29) is 6.04 Å². The molecule has 0 aromatic carbocycles. The molecule has 1 N–H and O–H groups in total. The lowest BCUT2D eigenvalue weighted by Crippen LogP contribution is -2.33. The second-order valence-electron chi connectivity index (χ2n) is 3.49. The standard InChI is InChI=1S/C12H24N2/c1-5-10-13-12(6-2)9-11-14(7-3)8-4/h2,12-13H,5,7-11H2,1,3-4H3. The molecule has 0 rings (SSSR count). The van der Waals surface area contributed by atoms with Crippen LogP contribution in [0, 0.1) is 12.3 Å². The largest absolute Gasteiger partial charge is 0.304 e. The molecule has 0 bridgehead atoms. The van der Waals surface area contributed by atoms with E-state index in [4.69, 9.17) is 6.42 Å². The predicted molar refractivity (Wildman–Crippen MR) is 63.3 cm³/mol. The van der Waals surface area contributed by atoms with E-state index in [0.717, 1.165) is 39.0 Å². The molecule has 0 saturated heterocycles. The van der Waals surface area contributed by atoms with Crippen molar-refractivity contribution in [1.82, 2.24) is 10.2 Å². The van der Waals surface area contributed by atoms with Crippen LogP contribution in [0.15, 0.2) is 0 Å². The van der Waals surface area contributed by atoms with Gasteiger partial charge in [0.2, 0.25) is 0 Å². The summed E-state index contributed by atoms with van der Waals surface area (Å²) in [5.74, 6) is 2.80. The second kappa shape index (κ2) is 9.05. The maximum Gasteiger partial charge on any atom is 0.0699 e. The summed E-state index contributed by atoms with van der Waals surface area (Å²) in [6.07, 6.45) is 7.65. The SMILES string of the molecule is C#CC(CCN(CC)CC)NCCC. The molecule has 2 nitrogen and oxygen atoms in total. The van der Waals surface area contributed by atoms with Gasteiger partial charge in [0.15, 0.2) is 0 Å². The first-order valence-corrected chi connectivity index (χ1v) is 5.70. The molecule has 0 aliphatic rings. The molecule has 0 fully saturated rings. The first kappa shape index (κ1) is 13.5. The summed E-state index contributed by atoms with van der Waals surface area (Å²) in [6.45, 7) is 10.9. The van der Waals surface area contributed by atoms with Crippen molar-refractivity contribution in [3.05, 3.63) is 0 Å². The maximum absolute atomic E-state index is 5.45. The maximum atomic E-state index is 5.45. The van der Waals surface area contributed by atoms with Gasteiger partial charge < -0.3 is 10.2 Å². The zero-order valence-electron chi connectivity index (χ0n) is 9.84. The number of hydrogen-bond donors (Lipinski definition) is 1. The fraction of sp³-hybridized carbons (Fsp3) is 0.833. The average Bonchev–Trinajstić information content (AvgIpc) is 2.23. The van der Waals surface area contributed by atoms with Crippen LogP contribution in [-0.2, 0) is 0 Å². The van der Waals surface area contributed by atoms with Crippen molar-refractivity contribution in [2.24, 2.45) is 0 Å². The minimum atomic E-state index is 0.246. The molecule has 0 aromatic heterocycles. The van der Waals surface area contributed by atoms with Gasteiger partial charge in [0, 0.05) is 6.54 Å². The van der Waals surface area contributed by atoms with Gasteiger partial charge in [-0.2, -0.15) is 0 Å². The number of nitrogens with zero attached hydrogens (tertiary/aromatic N) is 1. The summed E-state index contributed by atoms with van der Waals surface area (Å²) >= 11 is 0. The molecule has 1 atom stereocenters. The van der Waals surface area contributed by atoms with Crippen LogP contribution in [0.1, 0.15) is 33.6 Å². The van der Waals surface area contributed by atoms with E-state index >= 15 is 0 Å². The fourth-order valence-corrected chi connectivity index (χ4v) is 1.41. The quantitative estimate of drug-likeness (QED) is 0.595. The Morgan fingerprint density at radius 1 is 1.29 bits per heavy atom. The van der Waals surface area contributed by atoms with Gasteiger partial charge in [-0.15, -0.1) is 6.42 Å². The van der Waals surface area contributed by atoms with E-state index in [9.17, 15) is 0 Å². The van der Waals surface area contributed by atoms with E-state index in [1.165, 1.54) is 0 Å². The van der Waals surface area contributed by atoms with E-state index in [0.29, 0.717) is 0 Å². The van der Waals surface area contributed by atoms with Gasteiger partial charge in [-0.3, -0.25) is 0 Å². The minimum Gasteiger partial charge on any atom is -0.304 e. The Morgan fingerprint density at radius 3 is 2.36 bits per heavy atom. The van der Waals surface area contributed by atoms with Crippen molar-refractivity contribution in [1.29, 1.82) is 0 Å². The number of nitrogens with one attached hydrogen (secondary N) is 1. The van der Waals surface area contributed by atoms with Crippen LogP contribution in [0.3, 0.4) is 0 Å². The highest BCUT2D eigenvalue weighted by atomic mass is 15.1. The fourth-order valence-electron chi connectivity index (χ4n) is 1.41. The lowest BCUT2D eigenvalue weighted by atomic mass is 10.2. The monoisotopic (exact) mass is 196 g/mol. The van der Waals surface area contributed by atoms with Gasteiger partial charge in [0.05, 0.1) is 6.04 Å². The van der Waals surface area contributed by atoms with Crippen LogP contribution in [0.5, 0.6) is 0 Å². The third-order valence-electron chi connectivity index (χ3n) is 2.47. The Hall–Kier alpha value is -0.520. The Bertz CT molecular complexity index is 156. The molecule has 0 aliphatic heterocycles. The number of terminal acetylenes is 1. The van der Waals surface area contributed by atoms with E-state index in [1.807, 2.05) is 0 Å². The van der Waals surface area contributed by atoms with Gasteiger partial charge >= 0.3 is 0 Å². The zero-order chi connectivity index (χ0) is 10.8. The molecule has 14 heavy (non-hydrogen) atoms. The molecule has 2 heteroatoms. The van der Waals surface area contributed by atoms with Gasteiger partial charge in [-0.25, -0.2) is 0 Å². The molecule has 82 valence electrons. The van der Waals surface area contributed by atoms with Crippen LogP contribution in [-0.4, -0.2) is 37.1 Å². The van der Waals surface area contributed by atoms with Crippen molar-refractivity contribution < 1.29 is 0 Å². The van der Waals surface area contributed by atoms with E-state index < -0.39 is 0 Å². The lowest BCUT2D eigenvalue weighted by Gasteiger charge is -2.20. The molecule has 0 saturated carbocycles. The van der Waals surface area contributed by atoms with Crippen molar-refractivity contribution in [2.45, 2.75) is 39.7 Å². The highest BCUT2D eigenvalue weighted by molar-refractivity contribution is 4.98. The third kappa shape index (κ3) is 6.01. The summed E-state index contributed by atoms with van der Waals surface area (Å²) in [7, 11) is 0. The molecule has 0 aromatic rings. The van der Waals surface area contributed by atoms with Gasteiger partial charge in [-0.05, 0) is 32.5 Å². The minimum absolute atomic E-state index is 0.246. The predicted octanol–water partition coefficient (Wildman–Crippen LogP) is 1.72. The topological polar surface area (TPSA) is 15.3 Å². The highest BCUT2D eigenvalue weighted by Crippen LogP contribution is 1.95. The smallest absolute Gasteiger partial charge is 0.0699 e. The normalized spacial score (nSPS) is 12.8. The Kier molecular flexibility index (Phi) is 8.72. The molecule has 0 amide bonds. The first-order chi connectivity index (χ1) is 6.78. The molecule has 0 spiro atoms. The zero-order valence-corrected chi connectivity index (χ0v) is 9.84. The van der Waals surface area contributed by atoms with Crippen LogP contribution >= 0.6 is 0 Å². The van der Waals surface area contributed by atoms with E-state index in [1.54, 1.807) is 0 Å². The molecular weight excluding hydrogens is 172 g/mol. The van der Waals surface area contributed by atoms with Crippen molar-refractivity contribution in [3.63, 3.8) is 0 Å².